The molecule has 1 N–H and O–H groups in total. The Balaban J connectivity index is 1.50. The van der Waals surface area contributed by atoms with Crippen molar-refractivity contribution in [3.05, 3.63) is 39.9 Å². The molecule has 4 rings (SSSR count). The maximum absolute atomic E-state index is 10.9. The fourth-order valence-corrected chi connectivity index (χ4v) is 3.37. The van der Waals surface area contributed by atoms with Crippen molar-refractivity contribution in [2.45, 2.75) is 25.0 Å². The van der Waals surface area contributed by atoms with Crippen molar-refractivity contribution in [3.8, 4) is 6.07 Å². The third-order valence-electron chi connectivity index (χ3n) is 4.87. The lowest BCUT2D eigenvalue weighted by atomic mass is 10.1. The third kappa shape index (κ3) is 3.45. The Morgan fingerprint density at radius 1 is 1.42 bits per heavy atom. The quantitative estimate of drug-likeness (QED) is 0.649. The lowest BCUT2D eigenvalue weighted by Crippen LogP contribution is -2.46. The van der Waals surface area contributed by atoms with E-state index in [9.17, 15) is 15.4 Å². The topological polar surface area (TPSA) is 104 Å². The number of ether oxygens (including phenoxy) is 1. The lowest BCUT2D eigenvalue weighted by molar-refractivity contribution is -0.384. The van der Waals surface area contributed by atoms with Crippen molar-refractivity contribution >= 4 is 22.4 Å². The highest BCUT2D eigenvalue weighted by atomic mass is 16.6. The van der Waals surface area contributed by atoms with Crippen LogP contribution in [-0.2, 0) is 4.74 Å². The molecule has 2 aliphatic rings. The van der Waals surface area contributed by atoms with Crippen LogP contribution >= 0.6 is 0 Å². The molecule has 26 heavy (non-hydrogen) atoms. The second kappa shape index (κ2) is 6.86. The zero-order valence-corrected chi connectivity index (χ0v) is 14.2. The number of benzene rings is 1. The van der Waals surface area contributed by atoms with Gasteiger partial charge in [-0.05, 0) is 25.0 Å². The van der Waals surface area contributed by atoms with Gasteiger partial charge in [0.1, 0.15) is 5.82 Å². The highest BCUT2D eigenvalue weighted by Gasteiger charge is 2.32. The number of non-ortho nitro benzene ring substituents is 1. The zero-order valence-electron chi connectivity index (χ0n) is 14.2. The molecule has 0 spiro atoms. The molecule has 1 aromatic heterocycles. The first kappa shape index (κ1) is 16.7. The van der Waals surface area contributed by atoms with Gasteiger partial charge in [0, 0.05) is 43.2 Å². The van der Waals surface area contributed by atoms with Gasteiger partial charge in [-0.2, -0.15) is 5.26 Å². The van der Waals surface area contributed by atoms with Gasteiger partial charge in [-0.1, -0.05) is 0 Å². The van der Waals surface area contributed by atoms with E-state index in [0.29, 0.717) is 28.8 Å². The number of nitro groups is 1. The molecule has 2 fully saturated rings. The largest absolute Gasteiger partial charge is 0.374 e. The maximum Gasteiger partial charge on any atom is 0.270 e. The molecule has 1 aliphatic heterocycles. The van der Waals surface area contributed by atoms with Crippen LogP contribution in [0.3, 0.4) is 0 Å². The molecule has 1 atom stereocenters. The Bertz CT molecular complexity index is 890. The molecule has 0 radical (unpaired) electrons. The minimum absolute atomic E-state index is 0.0488. The molecule has 2 heterocycles. The number of aromatic nitrogens is 1. The SMILES string of the molecule is N#Cc1cc(NCC2CN(C3CC3)CCO2)nc2ccc([N+](=O)[O-])cc12. The van der Waals surface area contributed by atoms with Crippen LogP contribution in [0.15, 0.2) is 24.3 Å². The summed E-state index contributed by atoms with van der Waals surface area (Å²) in [7, 11) is 0. The lowest BCUT2D eigenvalue weighted by Gasteiger charge is -2.33. The van der Waals surface area contributed by atoms with E-state index in [1.807, 2.05) is 0 Å². The van der Waals surface area contributed by atoms with Gasteiger partial charge in [-0.3, -0.25) is 15.0 Å². The summed E-state index contributed by atoms with van der Waals surface area (Å²) >= 11 is 0. The average Bonchev–Trinajstić information content (AvgIpc) is 3.50. The molecule has 1 aromatic carbocycles. The third-order valence-corrected chi connectivity index (χ3v) is 4.87. The van der Waals surface area contributed by atoms with Crippen LogP contribution in [0.5, 0.6) is 0 Å². The number of pyridine rings is 1. The van der Waals surface area contributed by atoms with E-state index in [-0.39, 0.29) is 11.8 Å². The fraction of sp³-hybridized carbons (Fsp3) is 0.444. The Morgan fingerprint density at radius 3 is 3.00 bits per heavy atom. The number of nitrogens with zero attached hydrogens (tertiary/aromatic N) is 4. The van der Waals surface area contributed by atoms with Gasteiger partial charge in [0.15, 0.2) is 0 Å². The molecule has 134 valence electrons. The summed E-state index contributed by atoms with van der Waals surface area (Å²) in [6.45, 7) is 3.25. The second-order valence-corrected chi connectivity index (χ2v) is 6.73. The molecule has 1 aliphatic carbocycles. The van der Waals surface area contributed by atoms with E-state index in [2.05, 4.69) is 21.3 Å². The Kier molecular flexibility index (Phi) is 4.41. The molecule has 8 nitrogen and oxygen atoms in total. The van der Waals surface area contributed by atoms with E-state index in [0.717, 1.165) is 25.7 Å². The average molecular weight is 353 g/mol. The smallest absolute Gasteiger partial charge is 0.270 e. The van der Waals surface area contributed by atoms with E-state index >= 15 is 0 Å². The summed E-state index contributed by atoms with van der Waals surface area (Å²) in [5, 5.41) is 24.1. The zero-order chi connectivity index (χ0) is 18.1. The van der Waals surface area contributed by atoms with Gasteiger partial charge in [-0.25, -0.2) is 4.98 Å². The Hall–Kier alpha value is -2.76. The van der Waals surface area contributed by atoms with Crippen LogP contribution in [0.4, 0.5) is 11.5 Å². The molecular formula is C18H19N5O3. The minimum Gasteiger partial charge on any atom is -0.374 e. The number of hydrogen-bond acceptors (Lipinski definition) is 7. The molecule has 1 unspecified atom stereocenters. The van der Waals surface area contributed by atoms with Crippen molar-refractivity contribution < 1.29 is 9.66 Å². The number of nitriles is 1. The van der Waals surface area contributed by atoms with Gasteiger partial charge in [0.05, 0.1) is 34.8 Å². The van der Waals surface area contributed by atoms with Crippen molar-refractivity contribution in [3.63, 3.8) is 0 Å². The molecule has 0 amide bonds. The van der Waals surface area contributed by atoms with E-state index in [1.165, 1.54) is 25.0 Å². The van der Waals surface area contributed by atoms with Gasteiger partial charge in [-0.15, -0.1) is 0 Å². The number of hydrogen-bond donors (Lipinski definition) is 1. The van der Waals surface area contributed by atoms with Gasteiger partial charge < -0.3 is 10.1 Å². The number of anilines is 1. The molecule has 0 bridgehead atoms. The molecule has 1 saturated carbocycles. The normalized spacial score (nSPS) is 20.7. The predicted molar refractivity (Wildman–Crippen MR) is 95.9 cm³/mol. The number of morpholine rings is 1. The second-order valence-electron chi connectivity index (χ2n) is 6.73. The number of nitro benzene ring substituents is 1. The van der Waals surface area contributed by atoms with E-state index in [4.69, 9.17) is 4.74 Å². The maximum atomic E-state index is 10.9. The number of fused-ring (bicyclic) bond motifs is 1. The number of nitrogens with one attached hydrogen (secondary N) is 1. The van der Waals surface area contributed by atoms with Crippen molar-refractivity contribution in [2.24, 2.45) is 0 Å². The standard InChI is InChI=1S/C18H19N5O3/c19-9-12-7-18(21-17-4-3-14(23(24)25)8-16(12)17)20-10-15-11-22(5-6-26-15)13-1-2-13/h3-4,7-8,13,15H,1-2,5-6,10-11H2,(H,20,21). The van der Waals surface area contributed by atoms with Gasteiger partial charge in [0.25, 0.3) is 5.69 Å². The molecule has 8 heteroatoms. The summed E-state index contributed by atoms with van der Waals surface area (Å²) in [6, 6.07) is 8.83. The molecule has 1 saturated heterocycles. The van der Waals surface area contributed by atoms with Crippen molar-refractivity contribution in [2.75, 3.05) is 31.6 Å². The predicted octanol–water partition coefficient (Wildman–Crippen LogP) is 2.29. The van der Waals surface area contributed by atoms with Crippen molar-refractivity contribution in [1.82, 2.24) is 9.88 Å². The van der Waals surface area contributed by atoms with Crippen molar-refractivity contribution in [1.29, 1.82) is 5.26 Å². The Morgan fingerprint density at radius 2 is 2.27 bits per heavy atom. The summed E-state index contributed by atoms with van der Waals surface area (Å²) in [5.41, 5.74) is 0.874. The minimum atomic E-state index is -0.473. The summed E-state index contributed by atoms with van der Waals surface area (Å²) in [5.74, 6) is 0.579. The highest BCUT2D eigenvalue weighted by molar-refractivity contribution is 5.88. The first-order chi connectivity index (χ1) is 12.6. The Labute approximate surface area is 150 Å². The summed E-state index contributed by atoms with van der Waals surface area (Å²) in [6.07, 6.45) is 2.65. The fourth-order valence-electron chi connectivity index (χ4n) is 3.37. The number of rotatable bonds is 5. The van der Waals surface area contributed by atoms with Crippen LogP contribution in [-0.4, -0.2) is 53.2 Å². The van der Waals surface area contributed by atoms with Crippen LogP contribution in [0, 0.1) is 21.4 Å². The van der Waals surface area contributed by atoms with Crippen LogP contribution in [0.2, 0.25) is 0 Å². The van der Waals surface area contributed by atoms with E-state index in [1.54, 1.807) is 12.1 Å². The van der Waals surface area contributed by atoms with Crippen LogP contribution in [0.25, 0.3) is 10.9 Å². The summed E-state index contributed by atoms with van der Waals surface area (Å²) < 4.78 is 5.82. The van der Waals surface area contributed by atoms with E-state index < -0.39 is 4.92 Å². The van der Waals surface area contributed by atoms with Gasteiger partial charge >= 0.3 is 0 Å². The molecule has 2 aromatic rings. The monoisotopic (exact) mass is 353 g/mol. The first-order valence-corrected chi connectivity index (χ1v) is 8.73. The molecular weight excluding hydrogens is 334 g/mol. The first-order valence-electron chi connectivity index (χ1n) is 8.73. The van der Waals surface area contributed by atoms with Gasteiger partial charge in [0.2, 0.25) is 0 Å². The highest BCUT2D eigenvalue weighted by Crippen LogP contribution is 2.28. The summed E-state index contributed by atoms with van der Waals surface area (Å²) in [4.78, 5) is 17.4. The van der Waals surface area contributed by atoms with Crippen LogP contribution < -0.4 is 5.32 Å². The van der Waals surface area contributed by atoms with Crippen LogP contribution in [0.1, 0.15) is 18.4 Å².